The van der Waals surface area contributed by atoms with Crippen LogP contribution in [-0.2, 0) is 0 Å². The first-order valence-corrected chi connectivity index (χ1v) is 5.46. The summed E-state index contributed by atoms with van der Waals surface area (Å²) in [7, 11) is 1.86. The van der Waals surface area contributed by atoms with Gasteiger partial charge in [0, 0.05) is 7.05 Å². The lowest BCUT2D eigenvalue weighted by Gasteiger charge is -2.11. The molecule has 0 unspecified atom stereocenters. The molecule has 1 aromatic carbocycles. The van der Waals surface area contributed by atoms with Gasteiger partial charge in [-0.05, 0) is 30.7 Å². The third-order valence-electron chi connectivity index (χ3n) is 2.55. The Balaban J connectivity index is 2.25. The summed E-state index contributed by atoms with van der Waals surface area (Å²) >= 11 is 0. The molecule has 1 aromatic heterocycles. The van der Waals surface area contributed by atoms with E-state index in [4.69, 9.17) is 5.73 Å². The monoisotopic (exact) mass is 228 g/mol. The van der Waals surface area contributed by atoms with Crippen molar-refractivity contribution in [3.05, 3.63) is 42.1 Å². The minimum atomic E-state index is 0.725. The van der Waals surface area contributed by atoms with E-state index in [2.05, 4.69) is 15.6 Å². The van der Waals surface area contributed by atoms with Crippen LogP contribution in [0.4, 0.5) is 22.9 Å². The molecule has 4 nitrogen and oxygen atoms in total. The van der Waals surface area contributed by atoms with Crippen LogP contribution in [-0.4, -0.2) is 12.0 Å². The molecule has 0 atom stereocenters. The van der Waals surface area contributed by atoms with Gasteiger partial charge in [0.25, 0.3) is 0 Å². The molecule has 0 bridgehead atoms. The number of pyridine rings is 1. The third kappa shape index (κ3) is 2.47. The van der Waals surface area contributed by atoms with Crippen molar-refractivity contribution in [2.75, 3.05) is 23.4 Å². The highest BCUT2D eigenvalue weighted by Crippen LogP contribution is 2.23. The van der Waals surface area contributed by atoms with Gasteiger partial charge in [-0.25, -0.2) is 4.98 Å². The number of nitrogens with zero attached hydrogens (tertiary/aromatic N) is 1. The normalized spacial score (nSPS) is 10.0. The Morgan fingerprint density at radius 2 is 2.00 bits per heavy atom. The van der Waals surface area contributed by atoms with Gasteiger partial charge >= 0.3 is 0 Å². The molecule has 2 rings (SSSR count). The summed E-state index contributed by atoms with van der Waals surface area (Å²) in [4.78, 5) is 4.31. The molecule has 1 heterocycles. The molecule has 4 N–H and O–H groups in total. The Hall–Kier alpha value is -2.23. The van der Waals surface area contributed by atoms with E-state index in [1.165, 1.54) is 0 Å². The zero-order valence-corrected chi connectivity index (χ0v) is 9.99. The molecule has 17 heavy (non-hydrogen) atoms. The second kappa shape index (κ2) is 4.74. The zero-order valence-electron chi connectivity index (χ0n) is 9.99. The molecule has 0 saturated heterocycles. The molecule has 0 aliphatic heterocycles. The van der Waals surface area contributed by atoms with Gasteiger partial charge in [0.1, 0.15) is 5.82 Å². The van der Waals surface area contributed by atoms with Crippen molar-refractivity contribution in [2.24, 2.45) is 0 Å². The smallest absolute Gasteiger partial charge is 0.128 e. The van der Waals surface area contributed by atoms with E-state index in [0.717, 1.165) is 28.4 Å². The maximum Gasteiger partial charge on any atom is 0.128 e. The van der Waals surface area contributed by atoms with E-state index in [0.29, 0.717) is 0 Å². The van der Waals surface area contributed by atoms with Crippen molar-refractivity contribution in [1.29, 1.82) is 0 Å². The van der Waals surface area contributed by atoms with Crippen LogP contribution < -0.4 is 16.4 Å². The SMILES string of the molecule is CNc1ncc(Nc2ccccc2N)cc1C. The van der Waals surface area contributed by atoms with Crippen molar-refractivity contribution >= 4 is 22.9 Å². The minimum Gasteiger partial charge on any atom is -0.397 e. The Kier molecular flexibility index (Phi) is 3.14. The minimum absolute atomic E-state index is 0.725. The lowest BCUT2D eigenvalue weighted by atomic mass is 10.2. The number of rotatable bonds is 3. The number of para-hydroxylation sites is 2. The Bertz CT molecular complexity index is 523. The van der Waals surface area contributed by atoms with Crippen LogP contribution >= 0.6 is 0 Å². The van der Waals surface area contributed by atoms with Crippen molar-refractivity contribution in [2.45, 2.75) is 6.92 Å². The molecule has 0 radical (unpaired) electrons. The van der Waals surface area contributed by atoms with E-state index >= 15 is 0 Å². The Morgan fingerprint density at radius 3 is 2.65 bits per heavy atom. The molecule has 0 amide bonds. The highest BCUT2D eigenvalue weighted by molar-refractivity contribution is 5.72. The standard InChI is InChI=1S/C13H16N4/c1-9-7-10(8-16-13(9)15-2)17-12-6-4-3-5-11(12)14/h3-8,17H,14H2,1-2H3,(H,15,16). The zero-order chi connectivity index (χ0) is 12.3. The highest BCUT2D eigenvalue weighted by Gasteiger charge is 2.02. The van der Waals surface area contributed by atoms with E-state index in [-0.39, 0.29) is 0 Å². The van der Waals surface area contributed by atoms with Crippen molar-refractivity contribution in [3.63, 3.8) is 0 Å². The van der Waals surface area contributed by atoms with Crippen LogP contribution in [0.2, 0.25) is 0 Å². The number of nitrogen functional groups attached to an aromatic ring is 1. The quantitative estimate of drug-likeness (QED) is 0.707. The molecule has 0 aliphatic carbocycles. The summed E-state index contributed by atoms with van der Waals surface area (Å²) < 4.78 is 0. The number of nitrogens with two attached hydrogens (primary N) is 1. The predicted molar refractivity (Wildman–Crippen MR) is 72.7 cm³/mol. The average Bonchev–Trinajstić information content (AvgIpc) is 2.32. The molecule has 4 heteroatoms. The maximum atomic E-state index is 5.87. The number of benzene rings is 1. The van der Waals surface area contributed by atoms with Crippen LogP contribution in [0, 0.1) is 6.92 Å². The van der Waals surface area contributed by atoms with Gasteiger partial charge in [-0.2, -0.15) is 0 Å². The predicted octanol–water partition coefficient (Wildman–Crippen LogP) is 2.76. The lowest BCUT2D eigenvalue weighted by molar-refractivity contribution is 1.24. The van der Waals surface area contributed by atoms with Gasteiger partial charge in [0.2, 0.25) is 0 Å². The number of aryl methyl sites for hydroxylation is 1. The molecule has 0 aliphatic rings. The fourth-order valence-corrected chi connectivity index (χ4v) is 1.67. The van der Waals surface area contributed by atoms with Gasteiger partial charge in [0.15, 0.2) is 0 Å². The molecular formula is C13H16N4. The largest absolute Gasteiger partial charge is 0.397 e. The number of nitrogens with one attached hydrogen (secondary N) is 2. The van der Waals surface area contributed by atoms with Crippen LogP contribution in [0.5, 0.6) is 0 Å². The van der Waals surface area contributed by atoms with Gasteiger partial charge in [-0.3, -0.25) is 0 Å². The number of hydrogen-bond acceptors (Lipinski definition) is 4. The van der Waals surface area contributed by atoms with Crippen LogP contribution in [0.15, 0.2) is 36.5 Å². The highest BCUT2D eigenvalue weighted by atomic mass is 15.0. The second-order valence-corrected chi connectivity index (χ2v) is 3.85. The van der Waals surface area contributed by atoms with Gasteiger partial charge < -0.3 is 16.4 Å². The van der Waals surface area contributed by atoms with Crippen LogP contribution in [0.3, 0.4) is 0 Å². The number of hydrogen-bond donors (Lipinski definition) is 3. The van der Waals surface area contributed by atoms with E-state index in [1.54, 1.807) is 6.20 Å². The summed E-state index contributed by atoms with van der Waals surface area (Å²) in [6, 6.07) is 9.70. The number of anilines is 4. The molecular weight excluding hydrogens is 212 g/mol. The topological polar surface area (TPSA) is 63.0 Å². The van der Waals surface area contributed by atoms with Crippen LogP contribution in [0.1, 0.15) is 5.56 Å². The summed E-state index contributed by atoms with van der Waals surface area (Å²) in [5.74, 6) is 0.886. The summed E-state index contributed by atoms with van der Waals surface area (Å²) in [6.07, 6.45) is 1.78. The number of aromatic nitrogens is 1. The second-order valence-electron chi connectivity index (χ2n) is 3.85. The van der Waals surface area contributed by atoms with Gasteiger partial charge in [-0.15, -0.1) is 0 Å². The van der Waals surface area contributed by atoms with Crippen molar-refractivity contribution in [1.82, 2.24) is 4.98 Å². The van der Waals surface area contributed by atoms with Crippen molar-refractivity contribution in [3.8, 4) is 0 Å². The fraction of sp³-hybridized carbons (Fsp3) is 0.154. The molecule has 0 saturated carbocycles. The fourth-order valence-electron chi connectivity index (χ4n) is 1.67. The summed E-state index contributed by atoms with van der Waals surface area (Å²) in [5, 5.41) is 6.28. The van der Waals surface area contributed by atoms with E-state index in [9.17, 15) is 0 Å². The lowest BCUT2D eigenvalue weighted by Crippen LogP contribution is -1.99. The molecule has 0 fully saturated rings. The summed E-state index contributed by atoms with van der Waals surface area (Å²) in [6.45, 7) is 2.01. The first-order valence-electron chi connectivity index (χ1n) is 5.46. The van der Waals surface area contributed by atoms with Gasteiger partial charge in [-0.1, -0.05) is 12.1 Å². The third-order valence-corrected chi connectivity index (χ3v) is 2.55. The Labute approximate surface area is 101 Å². The maximum absolute atomic E-state index is 5.87. The summed E-state index contributed by atoms with van der Waals surface area (Å²) in [5.41, 5.74) is 9.51. The molecule has 2 aromatic rings. The van der Waals surface area contributed by atoms with Gasteiger partial charge in [0.05, 0.1) is 23.3 Å². The first-order chi connectivity index (χ1) is 8.20. The molecule has 88 valence electrons. The van der Waals surface area contributed by atoms with Crippen molar-refractivity contribution < 1.29 is 0 Å². The van der Waals surface area contributed by atoms with E-state index in [1.807, 2.05) is 44.3 Å². The Morgan fingerprint density at radius 1 is 1.24 bits per heavy atom. The molecule has 0 spiro atoms. The van der Waals surface area contributed by atoms with Crippen LogP contribution in [0.25, 0.3) is 0 Å². The van der Waals surface area contributed by atoms with E-state index < -0.39 is 0 Å². The average molecular weight is 228 g/mol. The first kappa shape index (κ1) is 11.3.